The Balaban J connectivity index is 2.61. The molecule has 0 aliphatic heterocycles. The van der Waals surface area contributed by atoms with Crippen molar-refractivity contribution in [2.75, 3.05) is 6.54 Å². The molecule has 0 aromatic heterocycles. The number of hydrogen-bond acceptors (Lipinski definition) is 3. The summed E-state index contributed by atoms with van der Waals surface area (Å²) in [6.07, 6.45) is 4.29. The second-order valence-corrected chi connectivity index (χ2v) is 5.09. The molecule has 0 unspecified atom stereocenters. The van der Waals surface area contributed by atoms with Gasteiger partial charge in [-0.15, -0.1) is 0 Å². The Labute approximate surface area is 120 Å². The molecule has 0 saturated carbocycles. The van der Waals surface area contributed by atoms with Gasteiger partial charge in [0.25, 0.3) is 11.6 Å². The number of unbranched alkanes of at least 4 members (excludes halogenated alkanes) is 3. The molecule has 0 aliphatic rings. The Morgan fingerprint density at radius 2 is 2.11 bits per heavy atom. The van der Waals surface area contributed by atoms with Crippen LogP contribution in [0.15, 0.2) is 22.7 Å². The van der Waals surface area contributed by atoms with Gasteiger partial charge in [-0.3, -0.25) is 14.9 Å². The van der Waals surface area contributed by atoms with Crippen molar-refractivity contribution in [3.63, 3.8) is 0 Å². The van der Waals surface area contributed by atoms with Crippen molar-refractivity contribution in [1.29, 1.82) is 0 Å². The van der Waals surface area contributed by atoms with E-state index in [1.54, 1.807) is 0 Å². The third-order valence-corrected chi connectivity index (χ3v) is 3.41. The van der Waals surface area contributed by atoms with E-state index in [1.165, 1.54) is 18.2 Å². The average Bonchev–Trinajstić information content (AvgIpc) is 2.38. The first kappa shape index (κ1) is 15.6. The lowest BCUT2D eigenvalue weighted by atomic mass is 10.1. The number of nitrogens with zero attached hydrogens (tertiary/aromatic N) is 1. The highest BCUT2D eigenvalue weighted by Gasteiger charge is 2.14. The van der Waals surface area contributed by atoms with Crippen LogP contribution in [0, 0.1) is 10.1 Å². The zero-order valence-electron chi connectivity index (χ0n) is 10.8. The molecule has 0 atom stereocenters. The maximum absolute atomic E-state index is 11.9. The smallest absolute Gasteiger partial charge is 0.270 e. The van der Waals surface area contributed by atoms with Crippen LogP contribution < -0.4 is 5.32 Å². The number of halogens is 1. The topological polar surface area (TPSA) is 72.2 Å². The highest BCUT2D eigenvalue weighted by molar-refractivity contribution is 9.10. The number of nitro groups is 1. The summed E-state index contributed by atoms with van der Waals surface area (Å²) in [4.78, 5) is 22.1. The minimum Gasteiger partial charge on any atom is -0.352 e. The molecule has 1 aromatic rings. The van der Waals surface area contributed by atoms with Crippen LogP contribution in [0.1, 0.15) is 43.0 Å². The molecule has 1 rings (SSSR count). The quantitative estimate of drug-likeness (QED) is 0.471. The Hall–Kier alpha value is -1.43. The molecule has 0 fully saturated rings. The summed E-state index contributed by atoms with van der Waals surface area (Å²) < 4.78 is 0.559. The minimum absolute atomic E-state index is 0.0840. The van der Waals surface area contributed by atoms with Crippen molar-refractivity contribution in [3.05, 3.63) is 38.3 Å². The lowest BCUT2D eigenvalue weighted by molar-refractivity contribution is -0.384. The number of rotatable bonds is 7. The summed E-state index contributed by atoms with van der Waals surface area (Å²) in [6.45, 7) is 2.72. The Morgan fingerprint density at radius 1 is 1.37 bits per heavy atom. The Bertz CT molecular complexity index is 463. The van der Waals surface area contributed by atoms with E-state index in [4.69, 9.17) is 0 Å². The molecule has 5 nitrogen and oxygen atoms in total. The van der Waals surface area contributed by atoms with Gasteiger partial charge < -0.3 is 5.32 Å². The zero-order valence-corrected chi connectivity index (χ0v) is 12.4. The van der Waals surface area contributed by atoms with Crippen LogP contribution in [0.2, 0.25) is 0 Å². The van der Waals surface area contributed by atoms with Crippen LogP contribution in [0.4, 0.5) is 5.69 Å². The van der Waals surface area contributed by atoms with Crippen molar-refractivity contribution in [2.45, 2.75) is 32.6 Å². The Morgan fingerprint density at radius 3 is 2.74 bits per heavy atom. The van der Waals surface area contributed by atoms with Gasteiger partial charge in [-0.1, -0.05) is 26.2 Å². The summed E-state index contributed by atoms with van der Waals surface area (Å²) in [5.74, 6) is -0.285. The molecular weight excluding hydrogens is 312 g/mol. The predicted octanol–water partition coefficient (Wildman–Crippen LogP) is 3.67. The summed E-state index contributed by atoms with van der Waals surface area (Å²) in [5, 5.41) is 13.5. The van der Waals surface area contributed by atoms with Gasteiger partial charge in [0.2, 0.25) is 0 Å². The van der Waals surface area contributed by atoms with Crippen LogP contribution in [-0.2, 0) is 0 Å². The Kier molecular flexibility index (Phi) is 6.49. The molecule has 0 heterocycles. The van der Waals surface area contributed by atoms with E-state index >= 15 is 0 Å². The third-order valence-electron chi connectivity index (χ3n) is 2.72. The van der Waals surface area contributed by atoms with Gasteiger partial charge in [0.05, 0.1) is 10.5 Å². The molecule has 1 N–H and O–H groups in total. The molecule has 1 aromatic carbocycles. The van der Waals surface area contributed by atoms with Crippen LogP contribution >= 0.6 is 15.9 Å². The summed E-state index contributed by atoms with van der Waals surface area (Å²) in [7, 11) is 0. The first-order chi connectivity index (χ1) is 9.06. The van der Waals surface area contributed by atoms with Gasteiger partial charge >= 0.3 is 0 Å². The van der Waals surface area contributed by atoms with E-state index in [0.717, 1.165) is 25.7 Å². The largest absolute Gasteiger partial charge is 0.352 e. The standard InChI is InChI=1S/C13H17BrN2O3/c1-2-3-4-5-8-15-13(17)11-9-10(16(18)19)6-7-12(11)14/h6-7,9H,2-5,8H2,1H3,(H,15,17). The SMILES string of the molecule is CCCCCCNC(=O)c1cc([N+](=O)[O-])ccc1Br. The lowest BCUT2D eigenvalue weighted by Crippen LogP contribution is -2.24. The fourth-order valence-electron chi connectivity index (χ4n) is 1.65. The van der Waals surface area contributed by atoms with Gasteiger partial charge in [0.15, 0.2) is 0 Å². The van der Waals surface area contributed by atoms with Gasteiger partial charge in [-0.25, -0.2) is 0 Å². The first-order valence-corrected chi connectivity index (χ1v) is 7.07. The van der Waals surface area contributed by atoms with Crippen LogP contribution in [0.5, 0.6) is 0 Å². The number of nitrogens with one attached hydrogen (secondary N) is 1. The van der Waals surface area contributed by atoms with E-state index in [9.17, 15) is 14.9 Å². The number of non-ortho nitro benzene ring substituents is 1. The molecule has 19 heavy (non-hydrogen) atoms. The monoisotopic (exact) mass is 328 g/mol. The first-order valence-electron chi connectivity index (χ1n) is 6.28. The summed E-state index contributed by atoms with van der Waals surface area (Å²) in [5.41, 5.74) is 0.212. The number of amides is 1. The molecule has 0 radical (unpaired) electrons. The summed E-state index contributed by atoms with van der Waals surface area (Å²) >= 11 is 3.23. The van der Waals surface area contributed by atoms with E-state index in [1.807, 2.05) is 0 Å². The summed E-state index contributed by atoms with van der Waals surface area (Å²) in [6, 6.07) is 4.16. The molecule has 0 saturated heterocycles. The second-order valence-electron chi connectivity index (χ2n) is 4.24. The number of carbonyl (C=O) groups is 1. The van der Waals surface area contributed by atoms with Crippen molar-refractivity contribution in [3.8, 4) is 0 Å². The van der Waals surface area contributed by atoms with Crippen molar-refractivity contribution >= 4 is 27.5 Å². The number of nitro benzene ring substituents is 1. The van der Waals surface area contributed by atoms with Crippen LogP contribution in [0.25, 0.3) is 0 Å². The normalized spacial score (nSPS) is 10.2. The molecule has 1 amide bonds. The van der Waals surface area contributed by atoms with Crippen molar-refractivity contribution in [2.24, 2.45) is 0 Å². The van der Waals surface area contributed by atoms with Crippen molar-refractivity contribution in [1.82, 2.24) is 5.32 Å². The molecule has 6 heteroatoms. The minimum atomic E-state index is -0.509. The highest BCUT2D eigenvalue weighted by Crippen LogP contribution is 2.22. The number of benzene rings is 1. The third kappa shape index (κ3) is 4.98. The molecular formula is C13H17BrN2O3. The second kappa shape index (κ2) is 7.89. The number of carbonyl (C=O) groups excluding carboxylic acids is 1. The van der Waals surface area contributed by atoms with E-state index in [-0.39, 0.29) is 11.6 Å². The van der Waals surface area contributed by atoms with Gasteiger partial charge in [-0.05, 0) is 28.4 Å². The van der Waals surface area contributed by atoms with E-state index in [0.29, 0.717) is 16.6 Å². The molecule has 0 aliphatic carbocycles. The van der Waals surface area contributed by atoms with Gasteiger partial charge in [0.1, 0.15) is 0 Å². The predicted molar refractivity (Wildman–Crippen MR) is 77.3 cm³/mol. The van der Waals surface area contributed by atoms with Crippen molar-refractivity contribution < 1.29 is 9.72 Å². The molecule has 104 valence electrons. The van der Waals surface area contributed by atoms with Crippen LogP contribution in [-0.4, -0.2) is 17.4 Å². The van der Waals surface area contributed by atoms with Gasteiger partial charge in [-0.2, -0.15) is 0 Å². The van der Waals surface area contributed by atoms with E-state index in [2.05, 4.69) is 28.2 Å². The molecule has 0 spiro atoms. The fourth-order valence-corrected chi connectivity index (χ4v) is 2.08. The highest BCUT2D eigenvalue weighted by atomic mass is 79.9. The van der Waals surface area contributed by atoms with Gasteiger partial charge in [0, 0.05) is 23.2 Å². The molecule has 0 bridgehead atoms. The lowest BCUT2D eigenvalue weighted by Gasteiger charge is -2.06. The van der Waals surface area contributed by atoms with Crippen LogP contribution in [0.3, 0.4) is 0 Å². The fraction of sp³-hybridized carbons (Fsp3) is 0.462. The van der Waals surface area contributed by atoms with E-state index < -0.39 is 4.92 Å². The maximum Gasteiger partial charge on any atom is 0.270 e. The maximum atomic E-state index is 11.9. The zero-order chi connectivity index (χ0) is 14.3. The number of hydrogen-bond donors (Lipinski definition) is 1. The average molecular weight is 329 g/mol.